The van der Waals surface area contributed by atoms with Crippen LogP contribution in [0.5, 0.6) is 5.75 Å². The molecule has 0 saturated heterocycles. The molecule has 1 fully saturated rings. The fourth-order valence-corrected chi connectivity index (χ4v) is 2.83. The van der Waals surface area contributed by atoms with Gasteiger partial charge in [-0.1, -0.05) is 19.8 Å². The lowest BCUT2D eigenvalue weighted by molar-refractivity contribution is -0.122. The summed E-state index contributed by atoms with van der Waals surface area (Å²) < 4.78 is 5.31. The lowest BCUT2D eigenvalue weighted by Gasteiger charge is -2.29. The van der Waals surface area contributed by atoms with Crippen molar-refractivity contribution in [2.75, 3.05) is 6.61 Å². The number of hydrogen-bond donors (Lipinski definition) is 2. The fourth-order valence-electron chi connectivity index (χ4n) is 2.83. The molecule has 0 spiro atoms. The SMILES string of the molecule is CC(=O)c1ccc(OCC(=O)NC(=O)N[C@H]2CCCC[C@H]2C)cc1. The number of carbonyl (C=O) groups is 3. The average Bonchev–Trinajstić information content (AvgIpc) is 2.55. The van der Waals surface area contributed by atoms with Crippen molar-refractivity contribution in [3.63, 3.8) is 0 Å². The number of rotatable bonds is 5. The second-order valence-electron chi connectivity index (χ2n) is 6.26. The molecule has 0 bridgehead atoms. The van der Waals surface area contributed by atoms with Crippen molar-refractivity contribution in [1.82, 2.24) is 10.6 Å². The molecule has 1 aliphatic rings. The van der Waals surface area contributed by atoms with Gasteiger partial charge < -0.3 is 10.1 Å². The maximum Gasteiger partial charge on any atom is 0.321 e. The summed E-state index contributed by atoms with van der Waals surface area (Å²) in [6, 6.07) is 6.14. The van der Waals surface area contributed by atoms with E-state index in [1.165, 1.54) is 13.3 Å². The standard InChI is InChI=1S/C18H24N2O4/c1-12-5-3-4-6-16(12)19-18(23)20-17(22)11-24-15-9-7-14(8-10-15)13(2)21/h7-10,12,16H,3-6,11H2,1-2H3,(H2,19,20,22,23)/t12-,16+/m1/s1. The van der Waals surface area contributed by atoms with Crippen molar-refractivity contribution < 1.29 is 19.1 Å². The van der Waals surface area contributed by atoms with Gasteiger partial charge in [-0.15, -0.1) is 0 Å². The second-order valence-corrected chi connectivity index (χ2v) is 6.26. The Kier molecular flexibility index (Phi) is 6.35. The third-order valence-electron chi connectivity index (χ3n) is 4.31. The molecule has 0 heterocycles. The van der Waals surface area contributed by atoms with Crippen LogP contribution >= 0.6 is 0 Å². The van der Waals surface area contributed by atoms with Gasteiger partial charge in [-0.05, 0) is 49.9 Å². The number of hydrogen-bond acceptors (Lipinski definition) is 4. The van der Waals surface area contributed by atoms with E-state index in [9.17, 15) is 14.4 Å². The summed E-state index contributed by atoms with van der Waals surface area (Å²) in [5.41, 5.74) is 0.577. The number of urea groups is 1. The molecule has 0 radical (unpaired) electrons. The molecule has 1 aromatic rings. The maximum atomic E-state index is 11.9. The molecule has 1 aromatic carbocycles. The van der Waals surface area contributed by atoms with Gasteiger partial charge in [0.25, 0.3) is 5.91 Å². The van der Waals surface area contributed by atoms with Gasteiger partial charge in [-0.25, -0.2) is 4.79 Å². The molecule has 2 N–H and O–H groups in total. The average molecular weight is 332 g/mol. The molecule has 1 saturated carbocycles. The Balaban J connectivity index is 1.74. The van der Waals surface area contributed by atoms with E-state index < -0.39 is 11.9 Å². The molecule has 3 amide bonds. The first-order chi connectivity index (χ1) is 11.5. The topological polar surface area (TPSA) is 84.5 Å². The Morgan fingerprint density at radius 3 is 2.42 bits per heavy atom. The molecule has 6 heteroatoms. The summed E-state index contributed by atoms with van der Waals surface area (Å²) in [6.45, 7) is 3.34. The predicted molar refractivity (Wildman–Crippen MR) is 90.0 cm³/mol. The predicted octanol–water partition coefficient (Wildman–Crippen LogP) is 2.67. The molecule has 24 heavy (non-hydrogen) atoms. The second kappa shape index (κ2) is 8.47. The lowest BCUT2D eigenvalue weighted by atomic mass is 9.86. The molecule has 0 aliphatic heterocycles. The quantitative estimate of drug-likeness (QED) is 0.812. The zero-order valence-electron chi connectivity index (χ0n) is 14.1. The van der Waals surface area contributed by atoms with Gasteiger partial charge in [0.1, 0.15) is 5.75 Å². The van der Waals surface area contributed by atoms with Gasteiger partial charge in [-0.2, -0.15) is 0 Å². The minimum Gasteiger partial charge on any atom is -0.484 e. The highest BCUT2D eigenvalue weighted by Gasteiger charge is 2.23. The molecular formula is C18H24N2O4. The third-order valence-corrected chi connectivity index (χ3v) is 4.31. The number of imide groups is 1. The van der Waals surface area contributed by atoms with Crippen LogP contribution in [0.1, 0.15) is 49.9 Å². The molecular weight excluding hydrogens is 308 g/mol. The highest BCUT2D eigenvalue weighted by atomic mass is 16.5. The van der Waals surface area contributed by atoms with Gasteiger partial charge in [-0.3, -0.25) is 14.9 Å². The van der Waals surface area contributed by atoms with Gasteiger partial charge in [0, 0.05) is 11.6 Å². The molecule has 1 aliphatic carbocycles. The van der Waals surface area contributed by atoms with Crippen LogP contribution in [-0.4, -0.2) is 30.4 Å². The van der Waals surface area contributed by atoms with E-state index in [1.54, 1.807) is 24.3 Å². The first-order valence-corrected chi connectivity index (χ1v) is 8.30. The van der Waals surface area contributed by atoms with Crippen molar-refractivity contribution in [1.29, 1.82) is 0 Å². The Morgan fingerprint density at radius 1 is 1.12 bits per heavy atom. The summed E-state index contributed by atoms with van der Waals surface area (Å²) in [5, 5.41) is 5.13. The van der Waals surface area contributed by atoms with Crippen molar-refractivity contribution in [2.45, 2.75) is 45.6 Å². The van der Waals surface area contributed by atoms with Gasteiger partial charge in [0.15, 0.2) is 12.4 Å². The Labute approximate surface area is 142 Å². The zero-order chi connectivity index (χ0) is 17.5. The molecule has 2 rings (SSSR count). The molecule has 0 aromatic heterocycles. The zero-order valence-corrected chi connectivity index (χ0v) is 14.1. The van der Waals surface area contributed by atoms with Crippen LogP contribution in [0, 0.1) is 5.92 Å². The van der Waals surface area contributed by atoms with Crippen LogP contribution < -0.4 is 15.4 Å². The van der Waals surface area contributed by atoms with Crippen molar-refractivity contribution in [3.05, 3.63) is 29.8 Å². The Bertz CT molecular complexity index is 598. The van der Waals surface area contributed by atoms with E-state index in [1.807, 2.05) is 0 Å². The van der Waals surface area contributed by atoms with E-state index in [4.69, 9.17) is 4.74 Å². The molecule has 130 valence electrons. The van der Waals surface area contributed by atoms with Gasteiger partial charge >= 0.3 is 6.03 Å². The summed E-state index contributed by atoms with van der Waals surface area (Å²) in [5.74, 6) is 0.353. The van der Waals surface area contributed by atoms with Crippen LogP contribution in [0.4, 0.5) is 4.79 Å². The number of benzene rings is 1. The first-order valence-electron chi connectivity index (χ1n) is 8.30. The first kappa shape index (κ1) is 18.0. The van der Waals surface area contributed by atoms with E-state index >= 15 is 0 Å². The van der Waals surface area contributed by atoms with Crippen molar-refractivity contribution in [2.24, 2.45) is 5.92 Å². The number of nitrogens with one attached hydrogen (secondary N) is 2. The van der Waals surface area contributed by atoms with Crippen LogP contribution in [0.25, 0.3) is 0 Å². The van der Waals surface area contributed by atoms with E-state index in [0.29, 0.717) is 17.2 Å². The Hall–Kier alpha value is -2.37. The van der Waals surface area contributed by atoms with E-state index in [0.717, 1.165) is 19.3 Å². The Morgan fingerprint density at radius 2 is 1.79 bits per heavy atom. The van der Waals surface area contributed by atoms with Crippen LogP contribution in [-0.2, 0) is 4.79 Å². The third kappa shape index (κ3) is 5.37. The number of ether oxygens (including phenoxy) is 1. The maximum absolute atomic E-state index is 11.9. The minimum atomic E-state index is -0.508. The van der Waals surface area contributed by atoms with Gasteiger partial charge in [0.05, 0.1) is 0 Å². The molecule has 2 atom stereocenters. The number of amides is 3. The largest absolute Gasteiger partial charge is 0.484 e. The fraction of sp³-hybridized carbons (Fsp3) is 0.500. The van der Waals surface area contributed by atoms with Crippen LogP contribution in [0.3, 0.4) is 0 Å². The number of carbonyl (C=O) groups excluding carboxylic acids is 3. The van der Waals surface area contributed by atoms with Crippen molar-refractivity contribution in [3.8, 4) is 5.75 Å². The number of Topliss-reactive ketones (excluding diaryl/α,β-unsaturated/α-hetero) is 1. The van der Waals surface area contributed by atoms with E-state index in [-0.39, 0.29) is 18.4 Å². The van der Waals surface area contributed by atoms with Crippen molar-refractivity contribution >= 4 is 17.7 Å². The monoisotopic (exact) mass is 332 g/mol. The smallest absolute Gasteiger partial charge is 0.321 e. The van der Waals surface area contributed by atoms with Crippen LogP contribution in [0.2, 0.25) is 0 Å². The normalized spacial score (nSPS) is 20.1. The summed E-state index contributed by atoms with van der Waals surface area (Å²) in [7, 11) is 0. The summed E-state index contributed by atoms with van der Waals surface area (Å²) in [6.07, 6.45) is 4.33. The van der Waals surface area contributed by atoms with Gasteiger partial charge in [0.2, 0.25) is 0 Å². The lowest BCUT2D eigenvalue weighted by Crippen LogP contribution is -2.48. The minimum absolute atomic E-state index is 0.0343. The highest BCUT2D eigenvalue weighted by Crippen LogP contribution is 2.23. The van der Waals surface area contributed by atoms with Crippen LogP contribution in [0.15, 0.2) is 24.3 Å². The van der Waals surface area contributed by atoms with E-state index in [2.05, 4.69) is 17.6 Å². The number of ketones is 1. The molecule has 6 nitrogen and oxygen atoms in total. The summed E-state index contributed by atoms with van der Waals surface area (Å²) in [4.78, 5) is 34.8. The summed E-state index contributed by atoms with van der Waals surface area (Å²) >= 11 is 0. The molecule has 0 unspecified atom stereocenters. The highest BCUT2D eigenvalue weighted by molar-refractivity contribution is 5.95.